The van der Waals surface area contributed by atoms with E-state index < -0.39 is 8.07 Å². The first-order valence-corrected chi connectivity index (χ1v) is 17.3. The van der Waals surface area contributed by atoms with Gasteiger partial charge in [0.15, 0.2) is 8.07 Å². The van der Waals surface area contributed by atoms with Crippen LogP contribution in [0.15, 0.2) is 84.9 Å². The summed E-state index contributed by atoms with van der Waals surface area (Å²) in [7, 11) is -2.62. The van der Waals surface area contributed by atoms with E-state index in [2.05, 4.69) is 131 Å². The fraction of sp³-hybridized carbons (Fsp3) is 0.231. The molecule has 0 aliphatic carbocycles. The molecule has 0 N–H and O–H groups in total. The van der Waals surface area contributed by atoms with Crippen LogP contribution in [0.5, 0.6) is 0 Å². The normalized spacial score (nSPS) is 16.9. The van der Waals surface area contributed by atoms with Crippen LogP contribution in [-0.4, -0.2) is 12.6 Å². The standard InChI is InChI=1S/C39H35NSi/c1-7-24(4)25-20-31-38-35(21-25)41(32-14-10-8-12-26(32)27-13-9-11-15-33(27)41)34-19-23(3)17-29-28-16-22(2)18-30(39(31,5)6)36(28)40(38)37(29)34/h8-21,24H,7H2,1-6H3. The summed E-state index contributed by atoms with van der Waals surface area (Å²) in [5.41, 5.74) is 14.3. The van der Waals surface area contributed by atoms with E-state index in [0.717, 1.165) is 6.42 Å². The molecule has 0 fully saturated rings. The number of aryl methyl sites for hydroxylation is 2. The summed E-state index contributed by atoms with van der Waals surface area (Å²) < 4.78 is 2.71. The first kappa shape index (κ1) is 23.8. The zero-order chi connectivity index (χ0) is 28.0. The monoisotopic (exact) mass is 545 g/mol. The molecule has 1 spiro atoms. The van der Waals surface area contributed by atoms with Gasteiger partial charge in [0.2, 0.25) is 0 Å². The minimum absolute atomic E-state index is 0.0953. The van der Waals surface area contributed by atoms with E-state index >= 15 is 0 Å². The highest BCUT2D eigenvalue weighted by molar-refractivity contribution is 7.23. The maximum absolute atomic E-state index is 2.71. The average Bonchev–Trinajstić information content (AvgIpc) is 3.45. The molecular formula is C39H35NSi. The molecule has 0 saturated carbocycles. The van der Waals surface area contributed by atoms with E-state index in [1.807, 2.05) is 0 Å². The lowest BCUT2D eigenvalue weighted by Gasteiger charge is -2.44. The molecule has 1 aromatic heterocycles. The van der Waals surface area contributed by atoms with Crippen LogP contribution in [0.3, 0.4) is 0 Å². The number of nitrogens with zero attached hydrogens (tertiary/aromatic N) is 1. The summed E-state index contributed by atoms with van der Waals surface area (Å²) in [6.07, 6.45) is 1.14. The Kier molecular flexibility index (Phi) is 4.34. The maximum Gasteiger partial charge on any atom is 0.185 e. The molecule has 1 nitrogen and oxygen atoms in total. The second-order valence-electron chi connectivity index (χ2n) is 13.5. The van der Waals surface area contributed by atoms with Crippen molar-refractivity contribution in [3.8, 4) is 16.8 Å². The fourth-order valence-electron chi connectivity index (χ4n) is 8.83. The smallest absolute Gasteiger partial charge is 0.185 e. The Labute approximate surface area is 243 Å². The zero-order valence-corrected chi connectivity index (χ0v) is 25.8. The molecule has 9 rings (SSSR count). The molecule has 6 aromatic rings. The topological polar surface area (TPSA) is 4.93 Å². The molecule has 200 valence electrons. The number of benzene rings is 5. The Hall–Kier alpha value is -3.88. The van der Waals surface area contributed by atoms with E-state index in [1.54, 1.807) is 20.7 Å². The van der Waals surface area contributed by atoms with Gasteiger partial charge >= 0.3 is 0 Å². The van der Waals surface area contributed by atoms with E-state index in [0.29, 0.717) is 5.92 Å². The molecule has 4 heterocycles. The van der Waals surface area contributed by atoms with Crippen molar-refractivity contribution >= 4 is 50.6 Å². The van der Waals surface area contributed by atoms with Crippen molar-refractivity contribution in [1.82, 2.24) is 4.57 Å². The molecule has 0 radical (unpaired) electrons. The zero-order valence-electron chi connectivity index (χ0n) is 24.8. The van der Waals surface area contributed by atoms with Crippen LogP contribution in [0.4, 0.5) is 0 Å². The van der Waals surface area contributed by atoms with Gasteiger partial charge in [0.25, 0.3) is 0 Å². The SMILES string of the molecule is CCC(C)c1cc2c3c(c1)[Si]1(c4ccccc4-c4ccccc41)c1cc(C)cc4c5cc(C)cc(c5n-3c14)C2(C)C. The molecule has 1 unspecified atom stereocenters. The second kappa shape index (κ2) is 7.49. The van der Waals surface area contributed by atoms with Gasteiger partial charge in [-0.15, -0.1) is 0 Å². The molecule has 41 heavy (non-hydrogen) atoms. The van der Waals surface area contributed by atoms with Gasteiger partial charge in [0, 0.05) is 16.2 Å². The highest BCUT2D eigenvalue weighted by Crippen LogP contribution is 2.50. The first-order valence-electron chi connectivity index (χ1n) is 15.3. The van der Waals surface area contributed by atoms with Crippen molar-refractivity contribution in [2.24, 2.45) is 0 Å². The predicted octanol–water partition coefficient (Wildman–Crippen LogP) is 7.22. The minimum Gasteiger partial charge on any atom is -0.309 e. The summed E-state index contributed by atoms with van der Waals surface area (Å²) in [6.45, 7) is 14.3. The van der Waals surface area contributed by atoms with Gasteiger partial charge < -0.3 is 4.57 Å². The van der Waals surface area contributed by atoms with Gasteiger partial charge in [0.05, 0.1) is 16.7 Å². The lowest BCUT2D eigenvalue weighted by atomic mass is 9.73. The third-order valence-electron chi connectivity index (χ3n) is 10.9. The first-order chi connectivity index (χ1) is 19.8. The molecule has 0 bridgehead atoms. The highest BCUT2D eigenvalue weighted by Gasteiger charge is 2.55. The molecule has 5 aromatic carbocycles. The number of hydrogen-bond acceptors (Lipinski definition) is 0. The Morgan fingerprint density at radius 3 is 1.95 bits per heavy atom. The van der Waals surface area contributed by atoms with E-state index in [-0.39, 0.29) is 5.41 Å². The van der Waals surface area contributed by atoms with E-state index in [9.17, 15) is 0 Å². The maximum atomic E-state index is 2.71. The van der Waals surface area contributed by atoms with Gasteiger partial charge in [-0.2, -0.15) is 0 Å². The Balaban J connectivity index is 1.64. The van der Waals surface area contributed by atoms with Crippen LogP contribution in [0.2, 0.25) is 0 Å². The summed E-state index contributed by atoms with van der Waals surface area (Å²) in [6, 6.07) is 33.9. The predicted molar refractivity (Wildman–Crippen MR) is 177 cm³/mol. The summed E-state index contributed by atoms with van der Waals surface area (Å²) in [5, 5.41) is 9.14. The summed E-state index contributed by atoms with van der Waals surface area (Å²) in [5.74, 6) is 0.507. The number of hydrogen-bond donors (Lipinski definition) is 0. The van der Waals surface area contributed by atoms with Crippen molar-refractivity contribution < 1.29 is 0 Å². The van der Waals surface area contributed by atoms with Crippen molar-refractivity contribution in [1.29, 1.82) is 0 Å². The van der Waals surface area contributed by atoms with Gasteiger partial charge in [-0.25, -0.2) is 0 Å². The van der Waals surface area contributed by atoms with Crippen molar-refractivity contribution in [2.45, 2.75) is 59.3 Å². The molecule has 0 amide bonds. The molecule has 0 saturated heterocycles. The Morgan fingerprint density at radius 1 is 0.683 bits per heavy atom. The van der Waals surface area contributed by atoms with Crippen LogP contribution in [0.1, 0.15) is 67.9 Å². The van der Waals surface area contributed by atoms with Crippen LogP contribution in [0, 0.1) is 13.8 Å². The Bertz CT molecular complexity index is 2110. The van der Waals surface area contributed by atoms with Crippen LogP contribution >= 0.6 is 0 Å². The van der Waals surface area contributed by atoms with Crippen LogP contribution < -0.4 is 20.7 Å². The van der Waals surface area contributed by atoms with Gasteiger partial charge in [-0.3, -0.25) is 0 Å². The molecular weight excluding hydrogens is 511 g/mol. The van der Waals surface area contributed by atoms with Crippen LogP contribution in [-0.2, 0) is 5.41 Å². The molecule has 1 atom stereocenters. The largest absolute Gasteiger partial charge is 0.309 e. The quantitative estimate of drug-likeness (QED) is 0.202. The molecule has 2 heteroatoms. The second-order valence-corrected chi connectivity index (χ2v) is 17.1. The van der Waals surface area contributed by atoms with Crippen molar-refractivity contribution in [3.63, 3.8) is 0 Å². The van der Waals surface area contributed by atoms with Crippen molar-refractivity contribution in [3.05, 3.63) is 113 Å². The molecule has 3 aliphatic rings. The van der Waals surface area contributed by atoms with Gasteiger partial charge in [-0.1, -0.05) is 112 Å². The third kappa shape index (κ3) is 2.56. The van der Waals surface area contributed by atoms with Gasteiger partial charge in [-0.05, 0) is 86.9 Å². The summed E-state index contributed by atoms with van der Waals surface area (Å²) in [4.78, 5) is 0. The van der Waals surface area contributed by atoms with Crippen molar-refractivity contribution in [2.75, 3.05) is 0 Å². The molecule has 3 aliphatic heterocycles. The average molecular weight is 546 g/mol. The Morgan fingerprint density at radius 2 is 1.29 bits per heavy atom. The number of aromatic nitrogens is 1. The fourth-order valence-corrected chi connectivity index (χ4v) is 14.5. The third-order valence-corrected chi connectivity index (χ3v) is 15.8. The van der Waals surface area contributed by atoms with E-state index in [1.165, 1.54) is 66.4 Å². The van der Waals surface area contributed by atoms with E-state index in [4.69, 9.17) is 0 Å². The van der Waals surface area contributed by atoms with Crippen LogP contribution in [0.25, 0.3) is 38.6 Å². The number of rotatable bonds is 2. The number of fused-ring (bicyclic) bond motifs is 8. The summed E-state index contributed by atoms with van der Waals surface area (Å²) >= 11 is 0. The van der Waals surface area contributed by atoms with Gasteiger partial charge in [0.1, 0.15) is 0 Å². The highest BCUT2D eigenvalue weighted by atomic mass is 28.3. The lowest BCUT2D eigenvalue weighted by molar-refractivity contribution is 0.626. The lowest BCUT2D eigenvalue weighted by Crippen LogP contribution is -2.75. The minimum atomic E-state index is -2.62.